The number of aliphatic hydroxyl groups is 1. The van der Waals surface area contributed by atoms with Gasteiger partial charge in [-0.2, -0.15) is 0 Å². The first-order valence-corrected chi connectivity index (χ1v) is 6.23. The van der Waals surface area contributed by atoms with Crippen LogP contribution in [0.4, 0.5) is 4.79 Å². The van der Waals surface area contributed by atoms with Crippen LogP contribution in [0.1, 0.15) is 18.9 Å². The Balaban J connectivity index is 1.94. The van der Waals surface area contributed by atoms with Gasteiger partial charge in [-0.3, -0.25) is 9.69 Å². The van der Waals surface area contributed by atoms with Crippen molar-refractivity contribution in [3.8, 4) is 0 Å². The van der Waals surface area contributed by atoms with Crippen LogP contribution in [0.5, 0.6) is 0 Å². The van der Waals surface area contributed by atoms with Crippen molar-refractivity contribution in [1.82, 2.24) is 4.90 Å². The fourth-order valence-corrected chi connectivity index (χ4v) is 2.20. The topological polar surface area (TPSA) is 66.8 Å². The van der Waals surface area contributed by atoms with Gasteiger partial charge in [-0.1, -0.05) is 30.3 Å². The van der Waals surface area contributed by atoms with Crippen LogP contribution in [0.15, 0.2) is 30.3 Å². The minimum Gasteiger partial charge on any atom is -0.445 e. The van der Waals surface area contributed by atoms with E-state index in [0.717, 1.165) is 5.56 Å². The SMILES string of the molecule is CC(=O)[C@@H]1C[C@@H](O)CN1C(=O)OCc1ccccc1. The van der Waals surface area contributed by atoms with E-state index < -0.39 is 18.2 Å². The molecule has 1 aliphatic heterocycles. The number of β-amino-alcohol motifs (C(OH)–C–C–N with tert-alkyl or cyclic N) is 1. The van der Waals surface area contributed by atoms with E-state index in [9.17, 15) is 14.7 Å². The summed E-state index contributed by atoms with van der Waals surface area (Å²) < 4.78 is 5.16. The lowest BCUT2D eigenvalue weighted by Gasteiger charge is -2.21. The highest BCUT2D eigenvalue weighted by molar-refractivity contribution is 5.86. The summed E-state index contributed by atoms with van der Waals surface area (Å²) in [5.41, 5.74) is 0.884. The maximum Gasteiger partial charge on any atom is 0.410 e. The van der Waals surface area contributed by atoms with E-state index in [1.807, 2.05) is 30.3 Å². The first-order valence-electron chi connectivity index (χ1n) is 6.23. The normalized spacial score (nSPS) is 22.3. The maximum absolute atomic E-state index is 11.9. The van der Waals surface area contributed by atoms with Crippen LogP contribution in [0.3, 0.4) is 0 Å². The van der Waals surface area contributed by atoms with E-state index in [-0.39, 0.29) is 25.4 Å². The summed E-state index contributed by atoms with van der Waals surface area (Å²) in [6, 6.07) is 8.75. The molecule has 1 N–H and O–H groups in total. The van der Waals surface area contributed by atoms with Gasteiger partial charge in [0.05, 0.1) is 18.7 Å². The number of ether oxygens (including phenoxy) is 1. The molecule has 1 aromatic carbocycles. The van der Waals surface area contributed by atoms with Crippen molar-refractivity contribution in [2.75, 3.05) is 6.54 Å². The highest BCUT2D eigenvalue weighted by atomic mass is 16.6. The molecular weight excluding hydrogens is 246 g/mol. The number of hydrogen-bond acceptors (Lipinski definition) is 4. The van der Waals surface area contributed by atoms with Crippen molar-refractivity contribution in [2.24, 2.45) is 0 Å². The Bertz CT molecular complexity index is 460. The standard InChI is InChI=1S/C14H17NO4/c1-10(16)13-7-12(17)8-15(13)14(18)19-9-11-5-3-2-4-6-11/h2-6,12-13,17H,7-9H2,1H3/t12-,13+/m1/s1. The molecule has 5 nitrogen and oxygen atoms in total. The van der Waals surface area contributed by atoms with Crippen molar-refractivity contribution in [3.63, 3.8) is 0 Å². The van der Waals surface area contributed by atoms with Crippen molar-refractivity contribution in [3.05, 3.63) is 35.9 Å². The molecule has 0 radical (unpaired) electrons. The molecule has 0 aliphatic carbocycles. The number of rotatable bonds is 3. The van der Waals surface area contributed by atoms with Gasteiger partial charge in [0, 0.05) is 6.42 Å². The largest absolute Gasteiger partial charge is 0.445 e. The van der Waals surface area contributed by atoms with E-state index >= 15 is 0 Å². The van der Waals surface area contributed by atoms with Crippen LogP contribution in [0, 0.1) is 0 Å². The predicted molar refractivity (Wildman–Crippen MR) is 68.4 cm³/mol. The Labute approximate surface area is 111 Å². The molecule has 1 amide bonds. The number of carbonyl (C=O) groups is 2. The fraction of sp³-hybridized carbons (Fsp3) is 0.429. The number of likely N-dealkylation sites (tertiary alicyclic amines) is 1. The lowest BCUT2D eigenvalue weighted by Crippen LogP contribution is -2.40. The maximum atomic E-state index is 11.9. The molecule has 0 aromatic heterocycles. The first kappa shape index (κ1) is 13.5. The smallest absolute Gasteiger partial charge is 0.410 e. The third-order valence-electron chi connectivity index (χ3n) is 3.19. The zero-order valence-corrected chi connectivity index (χ0v) is 10.8. The summed E-state index contributed by atoms with van der Waals surface area (Å²) in [4.78, 5) is 24.6. The molecule has 1 aromatic rings. The van der Waals surface area contributed by atoms with Crippen LogP contribution >= 0.6 is 0 Å². The Hall–Kier alpha value is -1.88. The van der Waals surface area contributed by atoms with Gasteiger partial charge in [0.1, 0.15) is 6.61 Å². The Morgan fingerprint density at radius 2 is 2.05 bits per heavy atom. The number of aliphatic hydroxyl groups excluding tert-OH is 1. The van der Waals surface area contributed by atoms with Gasteiger partial charge in [-0.25, -0.2) is 4.79 Å². The second-order valence-corrected chi connectivity index (χ2v) is 4.71. The van der Waals surface area contributed by atoms with Crippen LogP contribution < -0.4 is 0 Å². The van der Waals surface area contributed by atoms with E-state index in [0.29, 0.717) is 0 Å². The number of Topliss-reactive ketones (excluding diaryl/α,β-unsaturated/α-hetero) is 1. The molecule has 2 rings (SSSR count). The van der Waals surface area contributed by atoms with Gasteiger partial charge in [0.2, 0.25) is 0 Å². The molecule has 0 bridgehead atoms. The van der Waals surface area contributed by atoms with Crippen LogP contribution in [-0.2, 0) is 16.1 Å². The van der Waals surface area contributed by atoms with E-state index in [1.165, 1.54) is 11.8 Å². The lowest BCUT2D eigenvalue weighted by molar-refractivity contribution is -0.120. The Kier molecular flexibility index (Phi) is 4.16. The average molecular weight is 263 g/mol. The number of nitrogens with zero attached hydrogens (tertiary/aromatic N) is 1. The van der Waals surface area contributed by atoms with Crippen molar-refractivity contribution in [2.45, 2.75) is 32.1 Å². The van der Waals surface area contributed by atoms with Gasteiger partial charge in [-0.15, -0.1) is 0 Å². The molecule has 102 valence electrons. The lowest BCUT2D eigenvalue weighted by atomic mass is 10.1. The fourth-order valence-electron chi connectivity index (χ4n) is 2.20. The first-order chi connectivity index (χ1) is 9.08. The molecule has 1 saturated heterocycles. The second kappa shape index (κ2) is 5.84. The molecule has 0 saturated carbocycles. The molecule has 0 unspecified atom stereocenters. The summed E-state index contributed by atoms with van der Waals surface area (Å²) in [5.74, 6) is -0.131. The summed E-state index contributed by atoms with van der Waals surface area (Å²) in [6.45, 7) is 1.73. The van der Waals surface area contributed by atoms with E-state index in [1.54, 1.807) is 0 Å². The van der Waals surface area contributed by atoms with Gasteiger partial charge < -0.3 is 9.84 Å². The molecule has 19 heavy (non-hydrogen) atoms. The van der Waals surface area contributed by atoms with Gasteiger partial charge >= 0.3 is 6.09 Å². The Morgan fingerprint density at radius 1 is 1.37 bits per heavy atom. The molecule has 2 atom stereocenters. The number of amides is 1. The van der Waals surface area contributed by atoms with Crippen LogP contribution in [0.2, 0.25) is 0 Å². The summed E-state index contributed by atoms with van der Waals surface area (Å²) in [5, 5.41) is 9.55. The van der Waals surface area contributed by atoms with Crippen molar-refractivity contribution >= 4 is 11.9 Å². The molecule has 1 heterocycles. The Morgan fingerprint density at radius 3 is 2.68 bits per heavy atom. The average Bonchev–Trinajstić information content (AvgIpc) is 2.79. The third kappa shape index (κ3) is 3.32. The molecule has 1 fully saturated rings. The van der Waals surface area contributed by atoms with E-state index in [2.05, 4.69) is 0 Å². The molecular formula is C14H17NO4. The highest BCUT2D eigenvalue weighted by Crippen LogP contribution is 2.20. The van der Waals surface area contributed by atoms with E-state index in [4.69, 9.17) is 4.74 Å². The minimum atomic E-state index is -0.654. The van der Waals surface area contributed by atoms with Gasteiger partial charge in [-0.05, 0) is 12.5 Å². The molecule has 1 aliphatic rings. The third-order valence-corrected chi connectivity index (χ3v) is 3.19. The monoisotopic (exact) mass is 263 g/mol. The van der Waals surface area contributed by atoms with Crippen LogP contribution in [0.25, 0.3) is 0 Å². The number of benzene rings is 1. The number of hydrogen-bond donors (Lipinski definition) is 1. The predicted octanol–water partition coefficient (Wildman–Crippen LogP) is 1.35. The minimum absolute atomic E-state index is 0.131. The van der Waals surface area contributed by atoms with Gasteiger partial charge in [0.15, 0.2) is 5.78 Å². The van der Waals surface area contributed by atoms with Crippen molar-refractivity contribution < 1.29 is 19.4 Å². The zero-order valence-electron chi connectivity index (χ0n) is 10.8. The van der Waals surface area contributed by atoms with Gasteiger partial charge in [0.25, 0.3) is 0 Å². The number of carbonyl (C=O) groups excluding carboxylic acids is 2. The number of ketones is 1. The second-order valence-electron chi connectivity index (χ2n) is 4.71. The summed E-state index contributed by atoms with van der Waals surface area (Å²) >= 11 is 0. The summed E-state index contributed by atoms with van der Waals surface area (Å²) in [7, 11) is 0. The molecule has 5 heteroatoms. The molecule has 0 spiro atoms. The quantitative estimate of drug-likeness (QED) is 0.893. The summed E-state index contributed by atoms with van der Waals surface area (Å²) in [6.07, 6.45) is -0.922. The zero-order chi connectivity index (χ0) is 13.8. The highest BCUT2D eigenvalue weighted by Gasteiger charge is 2.37. The van der Waals surface area contributed by atoms with Crippen LogP contribution in [-0.4, -0.2) is 40.6 Å². The van der Waals surface area contributed by atoms with Crippen molar-refractivity contribution in [1.29, 1.82) is 0 Å².